The van der Waals surface area contributed by atoms with Crippen molar-refractivity contribution in [3.05, 3.63) is 28.8 Å². The SMILES string of the molecule is Fc1cncc(Cl)c1CC1CCCCN1. The Kier molecular flexibility index (Phi) is 3.54. The third-order valence-corrected chi connectivity index (χ3v) is 3.14. The fourth-order valence-electron chi connectivity index (χ4n) is 1.98. The van der Waals surface area contributed by atoms with Crippen LogP contribution in [0, 0.1) is 5.82 Å². The third-order valence-electron chi connectivity index (χ3n) is 2.82. The summed E-state index contributed by atoms with van der Waals surface area (Å²) in [4.78, 5) is 3.71. The normalized spacial score (nSPS) is 21.6. The van der Waals surface area contributed by atoms with Gasteiger partial charge in [-0.3, -0.25) is 4.98 Å². The standard InChI is InChI=1S/C11H14ClFN2/c12-10-6-14-7-11(13)9(10)5-8-3-1-2-4-15-8/h6-8,15H,1-5H2. The van der Waals surface area contributed by atoms with Crippen LogP contribution in [0.15, 0.2) is 12.4 Å². The lowest BCUT2D eigenvalue weighted by molar-refractivity contribution is 0.395. The molecule has 0 bridgehead atoms. The molecule has 0 aromatic carbocycles. The van der Waals surface area contributed by atoms with Crippen LogP contribution in [-0.2, 0) is 6.42 Å². The first-order valence-corrected chi connectivity index (χ1v) is 5.66. The number of halogens is 2. The van der Waals surface area contributed by atoms with E-state index in [2.05, 4.69) is 10.3 Å². The van der Waals surface area contributed by atoms with E-state index in [9.17, 15) is 4.39 Å². The maximum Gasteiger partial charge on any atom is 0.146 e. The van der Waals surface area contributed by atoms with Crippen LogP contribution < -0.4 is 5.32 Å². The molecule has 1 aromatic rings. The zero-order valence-electron chi connectivity index (χ0n) is 8.47. The van der Waals surface area contributed by atoms with Crippen LogP contribution in [0.1, 0.15) is 24.8 Å². The Hall–Kier alpha value is -0.670. The molecule has 1 unspecified atom stereocenters. The Labute approximate surface area is 93.9 Å². The van der Waals surface area contributed by atoms with Gasteiger partial charge in [-0.05, 0) is 25.8 Å². The van der Waals surface area contributed by atoms with Crippen molar-refractivity contribution in [1.29, 1.82) is 0 Å². The lowest BCUT2D eigenvalue weighted by Crippen LogP contribution is -2.35. The van der Waals surface area contributed by atoms with Crippen molar-refractivity contribution in [2.24, 2.45) is 0 Å². The highest BCUT2D eigenvalue weighted by atomic mass is 35.5. The number of aromatic nitrogens is 1. The van der Waals surface area contributed by atoms with Crippen molar-refractivity contribution in [1.82, 2.24) is 10.3 Å². The van der Waals surface area contributed by atoms with Crippen molar-refractivity contribution in [3.8, 4) is 0 Å². The summed E-state index contributed by atoms with van der Waals surface area (Å²) < 4.78 is 13.4. The number of hydrogen-bond donors (Lipinski definition) is 1. The molecule has 1 atom stereocenters. The Morgan fingerprint density at radius 1 is 1.47 bits per heavy atom. The smallest absolute Gasteiger partial charge is 0.146 e. The van der Waals surface area contributed by atoms with E-state index in [1.54, 1.807) is 0 Å². The number of pyridine rings is 1. The van der Waals surface area contributed by atoms with Gasteiger partial charge in [0.05, 0.1) is 11.2 Å². The zero-order chi connectivity index (χ0) is 10.7. The minimum atomic E-state index is -0.296. The number of hydrogen-bond acceptors (Lipinski definition) is 2. The van der Waals surface area contributed by atoms with E-state index in [-0.39, 0.29) is 5.82 Å². The van der Waals surface area contributed by atoms with E-state index in [4.69, 9.17) is 11.6 Å². The molecule has 2 heterocycles. The van der Waals surface area contributed by atoms with Gasteiger partial charge in [-0.1, -0.05) is 18.0 Å². The summed E-state index contributed by atoms with van der Waals surface area (Å²) in [5.74, 6) is -0.296. The minimum Gasteiger partial charge on any atom is -0.314 e. The molecule has 2 nitrogen and oxygen atoms in total. The minimum absolute atomic E-state index is 0.296. The molecule has 82 valence electrons. The van der Waals surface area contributed by atoms with Gasteiger partial charge in [0, 0.05) is 17.8 Å². The van der Waals surface area contributed by atoms with E-state index in [0.717, 1.165) is 13.0 Å². The van der Waals surface area contributed by atoms with Crippen LogP contribution in [0.4, 0.5) is 4.39 Å². The predicted octanol–water partition coefficient (Wildman–Crippen LogP) is 2.56. The van der Waals surface area contributed by atoms with Crippen LogP contribution in [0.5, 0.6) is 0 Å². The van der Waals surface area contributed by atoms with Crippen molar-refractivity contribution < 1.29 is 4.39 Å². The molecule has 1 saturated heterocycles. The van der Waals surface area contributed by atoms with E-state index >= 15 is 0 Å². The second kappa shape index (κ2) is 4.90. The molecule has 2 rings (SSSR count). The Bertz CT molecular complexity index is 317. The highest BCUT2D eigenvalue weighted by molar-refractivity contribution is 6.31. The second-order valence-electron chi connectivity index (χ2n) is 3.93. The van der Waals surface area contributed by atoms with Crippen molar-refractivity contribution in [3.63, 3.8) is 0 Å². The van der Waals surface area contributed by atoms with E-state index < -0.39 is 0 Å². The highest BCUT2D eigenvalue weighted by Gasteiger charge is 2.17. The molecule has 0 aliphatic carbocycles. The molecular formula is C11H14ClFN2. The van der Waals surface area contributed by atoms with Gasteiger partial charge in [0.2, 0.25) is 0 Å². The lowest BCUT2D eigenvalue weighted by atomic mass is 9.98. The second-order valence-corrected chi connectivity index (χ2v) is 4.34. The lowest BCUT2D eigenvalue weighted by Gasteiger charge is -2.23. The summed E-state index contributed by atoms with van der Waals surface area (Å²) >= 11 is 5.92. The quantitative estimate of drug-likeness (QED) is 0.842. The summed E-state index contributed by atoms with van der Waals surface area (Å²) in [7, 11) is 0. The molecule has 0 saturated carbocycles. The van der Waals surface area contributed by atoms with Gasteiger partial charge in [0.15, 0.2) is 0 Å². The monoisotopic (exact) mass is 228 g/mol. The van der Waals surface area contributed by atoms with Crippen molar-refractivity contribution >= 4 is 11.6 Å². The number of nitrogens with zero attached hydrogens (tertiary/aromatic N) is 1. The van der Waals surface area contributed by atoms with Gasteiger partial charge in [0.1, 0.15) is 5.82 Å². The van der Waals surface area contributed by atoms with Crippen LogP contribution in [-0.4, -0.2) is 17.6 Å². The molecule has 4 heteroatoms. The topological polar surface area (TPSA) is 24.9 Å². The Morgan fingerprint density at radius 3 is 3.00 bits per heavy atom. The molecule has 1 aliphatic heterocycles. The van der Waals surface area contributed by atoms with Gasteiger partial charge in [0.25, 0.3) is 0 Å². The first kappa shape index (κ1) is 10.8. The first-order chi connectivity index (χ1) is 7.27. The average molecular weight is 229 g/mol. The van der Waals surface area contributed by atoms with Crippen LogP contribution in [0.3, 0.4) is 0 Å². The molecular weight excluding hydrogens is 215 g/mol. The zero-order valence-corrected chi connectivity index (χ0v) is 9.23. The third kappa shape index (κ3) is 2.67. The Morgan fingerprint density at radius 2 is 2.33 bits per heavy atom. The van der Waals surface area contributed by atoms with E-state index in [0.29, 0.717) is 23.0 Å². The molecule has 1 aliphatic rings. The van der Waals surface area contributed by atoms with Gasteiger partial charge >= 0.3 is 0 Å². The summed E-state index contributed by atoms with van der Waals surface area (Å²) in [6.07, 6.45) is 6.91. The predicted molar refractivity (Wildman–Crippen MR) is 58.6 cm³/mol. The first-order valence-electron chi connectivity index (χ1n) is 5.28. The molecule has 1 N–H and O–H groups in total. The van der Waals surface area contributed by atoms with Crippen LogP contribution in [0.2, 0.25) is 5.02 Å². The van der Waals surface area contributed by atoms with E-state index in [1.165, 1.54) is 25.2 Å². The van der Waals surface area contributed by atoms with Gasteiger partial charge in [-0.15, -0.1) is 0 Å². The molecule has 0 amide bonds. The van der Waals surface area contributed by atoms with Gasteiger partial charge < -0.3 is 5.32 Å². The molecule has 1 fully saturated rings. The van der Waals surface area contributed by atoms with Crippen LogP contribution >= 0.6 is 11.6 Å². The molecule has 0 spiro atoms. The maximum absolute atomic E-state index is 13.4. The number of rotatable bonds is 2. The van der Waals surface area contributed by atoms with Gasteiger partial charge in [-0.25, -0.2) is 4.39 Å². The number of piperidine rings is 1. The molecule has 0 radical (unpaired) electrons. The summed E-state index contributed by atoms with van der Waals surface area (Å²) in [6.45, 7) is 1.02. The summed E-state index contributed by atoms with van der Waals surface area (Å²) in [5.41, 5.74) is 0.589. The Balaban J connectivity index is 2.09. The fourth-order valence-corrected chi connectivity index (χ4v) is 2.20. The fraction of sp³-hybridized carbons (Fsp3) is 0.545. The van der Waals surface area contributed by atoms with Crippen LogP contribution in [0.25, 0.3) is 0 Å². The number of nitrogens with one attached hydrogen (secondary N) is 1. The van der Waals surface area contributed by atoms with E-state index in [1.807, 2.05) is 0 Å². The van der Waals surface area contributed by atoms with Crippen molar-refractivity contribution in [2.75, 3.05) is 6.54 Å². The van der Waals surface area contributed by atoms with Gasteiger partial charge in [-0.2, -0.15) is 0 Å². The summed E-state index contributed by atoms with van der Waals surface area (Å²) in [5, 5.41) is 3.81. The van der Waals surface area contributed by atoms with Crippen molar-refractivity contribution in [2.45, 2.75) is 31.7 Å². The maximum atomic E-state index is 13.4. The molecule has 1 aromatic heterocycles. The highest BCUT2D eigenvalue weighted by Crippen LogP contribution is 2.21. The summed E-state index contributed by atoms with van der Waals surface area (Å²) in [6, 6.07) is 0.355. The largest absolute Gasteiger partial charge is 0.314 e. The average Bonchev–Trinajstić information content (AvgIpc) is 2.25. The molecule has 15 heavy (non-hydrogen) atoms.